The van der Waals surface area contributed by atoms with Crippen molar-refractivity contribution in [3.8, 4) is 0 Å². The third-order valence-electron chi connectivity index (χ3n) is 3.61. The van der Waals surface area contributed by atoms with Gasteiger partial charge in [0, 0.05) is 11.4 Å². The van der Waals surface area contributed by atoms with Crippen LogP contribution in [0.5, 0.6) is 0 Å². The summed E-state index contributed by atoms with van der Waals surface area (Å²) in [6.07, 6.45) is 3.58. The number of anilines is 1. The molecule has 0 spiro atoms. The fourth-order valence-electron chi connectivity index (χ4n) is 2.56. The van der Waals surface area contributed by atoms with E-state index in [4.69, 9.17) is 5.73 Å². The summed E-state index contributed by atoms with van der Waals surface area (Å²) < 4.78 is 0. The number of nitrogens with one attached hydrogen (secondary N) is 2. The van der Waals surface area contributed by atoms with Gasteiger partial charge in [-0.25, -0.2) is 9.97 Å². The first kappa shape index (κ1) is 12.8. The number of hydrogen-bond acceptors (Lipinski definition) is 5. The molecule has 3 rings (SSSR count). The zero-order valence-electron chi connectivity index (χ0n) is 11.1. The number of hydrogen-bond donors (Lipinski definition) is 3. The molecule has 20 heavy (non-hydrogen) atoms. The van der Waals surface area contributed by atoms with Gasteiger partial charge in [-0.15, -0.1) is 0 Å². The van der Waals surface area contributed by atoms with Gasteiger partial charge in [0.15, 0.2) is 0 Å². The largest absolute Gasteiger partial charge is 0.367 e. The molecule has 0 saturated carbocycles. The van der Waals surface area contributed by atoms with Gasteiger partial charge >= 0.3 is 0 Å². The molecule has 1 aromatic heterocycles. The van der Waals surface area contributed by atoms with Gasteiger partial charge in [-0.3, -0.25) is 4.79 Å². The number of fused-ring (bicyclic) bond motifs is 1. The fraction of sp³-hybridized carbons (Fsp3) is 0.357. The lowest BCUT2D eigenvalue weighted by Crippen LogP contribution is -2.35. The molecule has 1 aromatic carbocycles. The number of nitrogens with zero attached hydrogens (tertiary/aromatic N) is 2. The maximum Gasteiger partial charge on any atom is 0.250 e. The fourth-order valence-corrected chi connectivity index (χ4v) is 2.56. The summed E-state index contributed by atoms with van der Waals surface area (Å²) in [4.78, 5) is 19.9. The average molecular weight is 271 g/mol. The number of piperidine rings is 1. The van der Waals surface area contributed by atoms with Gasteiger partial charge in [-0.05, 0) is 38.1 Å². The summed E-state index contributed by atoms with van der Waals surface area (Å²) in [6.45, 7) is 2.01. The van der Waals surface area contributed by atoms with E-state index in [0.29, 0.717) is 17.1 Å². The van der Waals surface area contributed by atoms with Gasteiger partial charge in [0.1, 0.15) is 12.1 Å². The van der Waals surface area contributed by atoms with E-state index >= 15 is 0 Å². The molecule has 1 saturated heterocycles. The third kappa shape index (κ3) is 2.42. The van der Waals surface area contributed by atoms with Crippen molar-refractivity contribution in [2.24, 2.45) is 5.73 Å². The van der Waals surface area contributed by atoms with Gasteiger partial charge in [-0.2, -0.15) is 0 Å². The molecule has 4 N–H and O–H groups in total. The molecule has 6 heteroatoms. The SMILES string of the molecule is NC(=O)c1cccc2c(NC3CCNCC3)ncnc12. The van der Waals surface area contributed by atoms with Gasteiger partial charge in [-0.1, -0.05) is 6.07 Å². The molecule has 0 aliphatic carbocycles. The van der Waals surface area contributed by atoms with Crippen molar-refractivity contribution in [1.82, 2.24) is 15.3 Å². The highest BCUT2D eigenvalue weighted by Gasteiger charge is 2.16. The molecule has 1 amide bonds. The Hall–Kier alpha value is -2.21. The highest BCUT2D eigenvalue weighted by atomic mass is 16.1. The molecular formula is C14H17N5O. The highest BCUT2D eigenvalue weighted by Crippen LogP contribution is 2.23. The van der Waals surface area contributed by atoms with Crippen molar-refractivity contribution in [3.63, 3.8) is 0 Å². The number of primary amides is 1. The first-order valence-electron chi connectivity index (χ1n) is 6.76. The summed E-state index contributed by atoms with van der Waals surface area (Å²) in [7, 11) is 0. The number of carbonyl (C=O) groups excluding carboxylic acids is 1. The topological polar surface area (TPSA) is 92.9 Å². The average Bonchev–Trinajstić information content (AvgIpc) is 2.48. The van der Waals surface area contributed by atoms with Crippen LogP contribution < -0.4 is 16.4 Å². The molecular weight excluding hydrogens is 254 g/mol. The van der Waals surface area contributed by atoms with Crippen LogP contribution in [0, 0.1) is 0 Å². The summed E-state index contributed by atoms with van der Waals surface area (Å²) >= 11 is 0. The van der Waals surface area contributed by atoms with Crippen LogP contribution in [0.2, 0.25) is 0 Å². The highest BCUT2D eigenvalue weighted by molar-refractivity contribution is 6.06. The van der Waals surface area contributed by atoms with Crippen LogP contribution in [-0.4, -0.2) is 35.0 Å². The normalized spacial score (nSPS) is 16.2. The first-order chi connectivity index (χ1) is 9.75. The Bertz CT molecular complexity index is 636. The van der Waals surface area contributed by atoms with E-state index in [1.54, 1.807) is 12.1 Å². The lowest BCUT2D eigenvalue weighted by molar-refractivity contribution is 0.100. The van der Waals surface area contributed by atoms with Crippen LogP contribution >= 0.6 is 0 Å². The van der Waals surface area contributed by atoms with Gasteiger partial charge in [0.25, 0.3) is 5.91 Å². The lowest BCUT2D eigenvalue weighted by Gasteiger charge is -2.24. The van der Waals surface area contributed by atoms with Crippen LogP contribution in [0.4, 0.5) is 5.82 Å². The maximum absolute atomic E-state index is 11.4. The minimum absolute atomic E-state index is 0.395. The Morgan fingerprint density at radius 3 is 2.85 bits per heavy atom. The van der Waals surface area contributed by atoms with E-state index in [-0.39, 0.29) is 0 Å². The minimum atomic E-state index is -0.470. The summed E-state index contributed by atoms with van der Waals surface area (Å²) in [5.74, 6) is 0.298. The Balaban J connectivity index is 1.98. The zero-order chi connectivity index (χ0) is 13.9. The molecule has 1 fully saturated rings. The van der Waals surface area contributed by atoms with Crippen LogP contribution in [0.3, 0.4) is 0 Å². The van der Waals surface area contributed by atoms with Crippen molar-refractivity contribution in [2.75, 3.05) is 18.4 Å². The molecule has 0 unspecified atom stereocenters. The van der Waals surface area contributed by atoms with E-state index in [1.807, 2.05) is 6.07 Å². The molecule has 0 atom stereocenters. The lowest BCUT2D eigenvalue weighted by atomic mass is 10.1. The van der Waals surface area contributed by atoms with Crippen LogP contribution in [0.15, 0.2) is 24.5 Å². The van der Waals surface area contributed by atoms with E-state index in [9.17, 15) is 4.79 Å². The smallest absolute Gasteiger partial charge is 0.250 e. The summed E-state index contributed by atoms with van der Waals surface area (Å²) in [6, 6.07) is 5.79. The number of rotatable bonds is 3. The van der Waals surface area contributed by atoms with Crippen molar-refractivity contribution in [2.45, 2.75) is 18.9 Å². The van der Waals surface area contributed by atoms with Gasteiger partial charge in [0.2, 0.25) is 0 Å². The van der Waals surface area contributed by atoms with Crippen LogP contribution in [0.25, 0.3) is 10.9 Å². The molecule has 6 nitrogen and oxygen atoms in total. The molecule has 2 aromatic rings. The maximum atomic E-state index is 11.4. The molecule has 104 valence electrons. The van der Waals surface area contributed by atoms with E-state index in [0.717, 1.165) is 37.1 Å². The quantitative estimate of drug-likeness (QED) is 0.771. The molecule has 2 heterocycles. The Morgan fingerprint density at radius 2 is 2.10 bits per heavy atom. The van der Waals surface area contributed by atoms with Crippen molar-refractivity contribution in [3.05, 3.63) is 30.1 Å². The van der Waals surface area contributed by atoms with Crippen molar-refractivity contribution in [1.29, 1.82) is 0 Å². The Kier molecular flexibility index (Phi) is 3.47. The standard InChI is InChI=1S/C14H17N5O/c15-13(20)10-2-1-3-11-12(10)17-8-18-14(11)19-9-4-6-16-7-5-9/h1-3,8-9,16H,4-7H2,(H2,15,20)(H,17,18,19). The van der Waals surface area contributed by atoms with Gasteiger partial charge < -0.3 is 16.4 Å². The van der Waals surface area contributed by atoms with E-state index < -0.39 is 5.91 Å². The van der Waals surface area contributed by atoms with Crippen molar-refractivity contribution >= 4 is 22.6 Å². The summed E-state index contributed by atoms with van der Waals surface area (Å²) in [5, 5.41) is 7.61. The minimum Gasteiger partial charge on any atom is -0.367 e. The monoisotopic (exact) mass is 271 g/mol. The Labute approximate surface area is 116 Å². The molecule has 0 radical (unpaired) electrons. The van der Waals surface area contributed by atoms with Crippen LogP contribution in [-0.2, 0) is 0 Å². The van der Waals surface area contributed by atoms with Crippen molar-refractivity contribution < 1.29 is 4.79 Å². The number of para-hydroxylation sites is 1. The molecule has 1 aliphatic rings. The second-order valence-electron chi connectivity index (χ2n) is 4.96. The second kappa shape index (κ2) is 5.42. The summed E-state index contributed by atoms with van der Waals surface area (Å²) in [5.41, 5.74) is 6.42. The van der Waals surface area contributed by atoms with Crippen LogP contribution in [0.1, 0.15) is 23.2 Å². The molecule has 1 aliphatic heterocycles. The van der Waals surface area contributed by atoms with Gasteiger partial charge in [0.05, 0.1) is 11.1 Å². The third-order valence-corrected chi connectivity index (χ3v) is 3.61. The second-order valence-corrected chi connectivity index (χ2v) is 4.96. The number of nitrogens with two attached hydrogens (primary N) is 1. The number of amides is 1. The number of carbonyl (C=O) groups is 1. The molecule has 0 bridgehead atoms. The predicted molar refractivity (Wildman–Crippen MR) is 77.6 cm³/mol. The van der Waals surface area contributed by atoms with E-state index in [1.165, 1.54) is 6.33 Å². The van der Waals surface area contributed by atoms with E-state index in [2.05, 4.69) is 20.6 Å². The first-order valence-corrected chi connectivity index (χ1v) is 6.76. The number of benzene rings is 1. The number of aromatic nitrogens is 2. The predicted octanol–water partition coefficient (Wildman–Crippen LogP) is 0.893. The zero-order valence-corrected chi connectivity index (χ0v) is 11.1. The Morgan fingerprint density at radius 1 is 1.30 bits per heavy atom.